The van der Waals surface area contributed by atoms with Crippen molar-refractivity contribution in [3.63, 3.8) is 0 Å². The van der Waals surface area contributed by atoms with E-state index in [4.69, 9.17) is 15.2 Å². The monoisotopic (exact) mass is 254 g/mol. The zero-order valence-electron chi connectivity index (χ0n) is 11.4. The van der Waals surface area contributed by atoms with Crippen molar-refractivity contribution in [2.24, 2.45) is 5.73 Å². The summed E-state index contributed by atoms with van der Waals surface area (Å²) >= 11 is 0. The zero-order chi connectivity index (χ0) is 12.6. The lowest BCUT2D eigenvalue weighted by molar-refractivity contribution is -0.192. The minimum Gasteiger partial charge on any atom is -0.347 e. The Hall–Kier alpha value is -0.160. The Kier molecular flexibility index (Phi) is 3.63. The topological polar surface area (TPSA) is 47.7 Å². The predicted octanol–water partition coefficient (Wildman–Crippen LogP) is 1.48. The van der Waals surface area contributed by atoms with Crippen molar-refractivity contribution in [1.29, 1.82) is 0 Å². The van der Waals surface area contributed by atoms with Crippen LogP contribution >= 0.6 is 0 Å². The molecule has 0 aromatic carbocycles. The van der Waals surface area contributed by atoms with Gasteiger partial charge in [-0.25, -0.2) is 0 Å². The first-order valence-corrected chi connectivity index (χ1v) is 7.53. The Bertz CT molecular complexity index is 288. The highest BCUT2D eigenvalue weighted by atomic mass is 16.7. The summed E-state index contributed by atoms with van der Waals surface area (Å²) in [4.78, 5) is 2.64. The highest BCUT2D eigenvalue weighted by molar-refractivity contribution is 4.99. The summed E-state index contributed by atoms with van der Waals surface area (Å²) in [6.45, 7) is 4.92. The maximum atomic E-state index is 6.37. The van der Waals surface area contributed by atoms with Gasteiger partial charge >= 0.3 is 0 Å². The number of nitrogens with zero attached hydrogens (tertiary/aromatic N) is 1. The molecule has 2 N–H and O–H groups in total. The first-order valence-electron chi connectivity index (χ1n) is 7.53. The van der Waals surface area contributed by atoms with Crippen LogP contribution in [0.1, 0.15) is 45.4 Å². The molecule has 3 fully saturated rings. The molecule has 3 rings (SSSR count). The van der Waals surface area contributed by atoms with Crippen LogP contribution < -0.4 is 5.73 Å². The van der Waals surface area contributed by atoms with Crippen LogP contribution in [-0.2, 0) is 9.47 Å². The van der Waals surface area contributed by atoms with Gasteiger partial charge in [-0.2, -0.15) is 0 Å². The lowest BCUT2D eigenvalue weighted by atomic mass is 9.85. The van der Waals surface area contributed by atoms with E-state index in [0.29, 0.717) is 6.04 Å². The van der Waals surface area contributed by atoms with Crippen LogP contribution in [0.4, 0.5) is 0 Å². The smallest absolute Gasteiger partial charge is 0.170 e. The van der Waals surface area contributed by atoms with Gasteiger partial charge in [0.1, 0.15) is 0 Å². The summed E-state index contributed by atoms with van der Waals surface area (Å²) in [6.07, 6.45) is 6.85. The van der Waals surface area contributed by atoms with Crippen molar-refractivity contribution >= 4 is 0 Å². The van der Waals surface area contributed by atoms with Gasteiger partial charge in [0.2, 0.25) is 0 Å². The van der Waals surface area contributed by atoms with E-state index < -0.39 is 0 Å². The summed E-state index contributed by atoms with van der Waals surface area (Å²) in [6, 6.07) is 1.51. The van der Waals surface area contributed by atoms with Crippen molar-refractivity contribution < 1.29 is 9.47 Å². The van der Waals surface area contributed by atoms with Crippen LogP contribution in [0.25, 0.3) is 0 Å². The Morgan fingerprint density at radius 2 is 1.94 bits per heavy atom. The third-order valence-electron chi connectivity index (χ3n) is 4.61. The van der Waals surface area contributed by atoms with E-state index in [1.165, 1.54) is 25.8 Å². The molecule has 1 heterocycles. The largest absolute Gasteiger partial charge is 0.347 e. The third-order valence-corrected chi connectivity index (χ3v) is 4.61. The normalized spacial score (nSPS) is 35.5. The molecule has 4 nitrogen and oxygen atoms in total. The highest BCUT2D eigenvalue weighted by Crippen LogP contribution is 2.40. The van der Waals surface area contributed by atoms with E-state index >= 15 is 0 Å². The lowest BCUT2D eigenvalue weighted by Crippen LogP contribution is -2.57. The van der Waals surface area contributed by atoms with Crippen LogP contribution in [0.2, 0.25) is 0 Å². The summed E-state index contributed by atoms with van der Waals surface area (Å²) in [7, 11) is 0. The van der Waals surface area contributed by atoms with Crippen molar-refractivity contribution in [2.75, 3.05) is 19.8 Å². The lowest BCUT2D eigenvalue weighted by Gasteiger charge is -2.45. The molecule has 1 saturated heterocycles. The average Bonchev–Trinajstić information content (AvgIpc) is 3.12. The molecule has 18 heavy (non-hydrogen) atoms. The second-order valence-corrected chi connectivity index (χ2v) is 6.05. The Morgan fingerprint density at radius 1 is 1.22 bits per heavy atom. The molecule has 104 valence electrons. The quantitative estimate of drug-likeness (QED) is 0.825. The number of hydrogen-bond donors (Lipinski definition) is 1. The number of nitrogens with two attached hydrogens (primary N) is 1. The fourth-order valence-corrected chi connectivity index (χ4v) is 3.56. The van der Waals surface area contributed by atoms with Gasteiger partial charge in [-0.1, -0.05) is 6.92 Å². The molecule has 3 aliphatic rings. The van der Waals surface area contributed by atoms with Crippen molar-refractivity contribution in [3.05, 3.63) is 0 Å². The van der Waals surface area contributed by atoms with E-state index in [1.807, 2.05) is 0 Å². The molecule has 0 radical (unpaired) electrons. The molecular formula is C14H26N2O2. The molecule has 1 spiro atoms. The Morgan fingerprint density at radius 3 is 2.56 bits per heavy atom. The third kappa shape index (κ3) is 2.44. The summed E-state index contributed by atoms with van der Waals surface area (Å²) in [5, 5.41) is 0. The number of rotatable bonds is 4. The second kappa shape index (κ2) is 5.08. The van der Waals surface area contributed by atoms with E-state index in [9.17, 15) is 0 Å². The molecule has 1 aliphatic heterocycles. The highest BCUT2D eigenvalue weighted by Gasteiger charge is 2.47. The fourth-order valence-electron chi connectivity index (χ4n) is 3.56. The van der Waals surface area contributed by atoms with E-state index in [1.54, 1.807) is 0 Å². The van der Waals surface area contributed by atoms with Gasteiger partial charge in [0.25, 0.3) is 0 Å². The van der Waals surface area contributed by atoms with Gasteiger partial charge in [0, 0.05) is 31.0 Å². The molecule has 0 bridgehead atoms. The predicted molar refractivity (Wildman–Crippen MR) is 70.3 cm³/mol. The van der Waals surface area contributed by atoms with Gasteiger partial charge in [0.05, 0.1) is 13.2 Å². The summed E-state index contributed by atoms with van der Waals surface area (Å²) in [5.41, 5.74) is 6.37. The Labute approximate surface area is 110 Å². The average molecular weight is 254 g/mol. The Balaban J connectivity index is 1.71. The molecule has 0 aromatic rings. The maximum absolute atomic E-state index is 6.37. The minimum absolute atomic E-state index is 0.288. The molecule has 0 amide bonds. The number of hydrogen-bond acceptors (Lipinski definition) is 4. The molecule has 2 saturated carbocycles. The molecular weight excluding hydrogens is 228 g/mol. The SMILES string of the molecule is CCCN(C1CC1)C1CC2(CCC1N)OCCO2. The van der Waals surface area contributed by atoms with Gasteiger partial charge < -0.3 is 15.2 Å². The molecule has 0 aromatic heterocycles. The van der Waals surface area contributed by atoms with Crippen molar-refractivity contribution in [3.8, 4) is 0 Å². The van der Waals surface area contributed by atoms with Crippen LogP contribution in [0.5, 0.6) is 0 Å². The zero-order valence-corrected chi connectivity index (χ0v) is 11.4. The first kappa shape index (κ1) is 12.9. The first-order chi connectivity index (χ1) is 8.74. The minimum atomic E-state index is -0.304. The van der Waals surface area contributed by atoms with Crippen LogP contribution in [0.15, 0.2) is 0 Å². The summed E-state index contributed by atoms with van der Waals surface area (Å²) < 4.78 is 11.8. The molecule has 2 atom stereocenters. The van der Waals surface area contributed by atoms with Crippen LogP contribution in [-0.4, -0.2) is 48.6 Å². The van der Waals surface area contributed by atoms with Crippen molar-refractivity contribution in [1.82, 2.24) is 4.90 Å². The second-order valence-electron chi connectivity index (χ2n) is 6.05. The van der Waals surface area contributed by atoms with Crippen molar-refractivity contribution in [2.45, 2.75) is 69.4 Å². The molecule has 4 heteroatoms. The maximum Gasteiger partial charge on any atom is 0.170 e. The van der Waals surface area contributed by atoms with E-state index in [2.05, 4.69) is 11.8 Å². The molecule has 2 aliphatic carbocycles. The number of ether oxygens (including phenoxy) is 2. The van der Waals surface area contributed by atoms with E-state index in [-0.39, 0.29) is 11.8 Å². The van der Waals surface area contributed by atoms with Gasteiger partial charge in [0.15, 0.2) is 5.79 Å². The van der Waals surface area contributed by atoms with Crippen LogP contribution in [0.3, 0.4) is 0 Å². The van der Waals surface area contributed by atoms with E-state index in [0.717, 1.165) is 38.5 Å². The van der Waals surface area contributed by atoms with Gasteiger partial charge in [-0.3, -0.25) is 4.90 Å². The summed E-state index contributed by atoms with van der Waals surface area (Å²) in [5.74, 6) is -0.304. The van der Waals surface area contributed by atoms with Gasteiger partial charge in [-0.15, -0.1) is 0 Å². The van der Waals surface area contributed by atoms with Crippen LogP contribution in [0, 0.1) is 0 Å². The molecule has 2 unspecified atom stereocenters. The van der Waals surface area contributed by atoms with Gasteiger partial charge in [-0.05, 0) is 32.2 Å². The fraction of sp³-hybridized carbons (Fsp3) is 1.00. The standard InChI is InChI=1S/C14H26N2O2/c1-2-7-16(11-3-4-11)13-10-14(6-5-12(13)15)17-8-9-18-14/h11-13H,2-10,15H2,1H3.